The van der Waals surface area contributed by atoms with Gasteiger partial charge in [-0.05, 0) is 12.8 Å². The maximum absolute atomic E-state index is 11.4. The number of amides is 1. The van der Waals surface area contributed by atoms with E-state index < -0.39 is 0 Å². The molecule has 17 heavy (non-hydrogen) atoms. The standard InChI is InChI=1S/C10H14N4O2S/c11-7-5-9(16)14-10(13-7)17-6-2-1-3-12-8(15)4-6/h5-6H,1-4H2,(H,12,15)(H3,11,13,14,16). The summed E-state index contributed by atoms with van der Waals surface area (Å²) in [6.07, 6.45) is 2.31. The van der Waals surface area contributed by atoms with Gasteiger partial charge in [-0.3, -0.25) is 9.59 Å². The molecule has 1 unspecified atom stereocenters. The number of thioether (sulfide) groups is 1. The third-order valence-corrected chi connectivity index (χ3v) is 3.61. The van der Waals surface area contributed by atoms with Gasteiger partial charge in [0.15, 0.2) is 5.16 Å². The van der Waals surface area contributed by atoms with Gasteiger partial charge < -0.3 is 16.0 Å². The lowest BCUT2D eigenvalue weighted by Crippen LogP contribution is -2.23. The highest BCUT2D eigenvalue weighted by molar-refractivity contribution is 7.99. The van der Waals surface area contributed by atoms with Gasteiger partial charge in [0, 0.05) is 24.3 Å². The summed E-state index contributed by atoms with van der Waals surface area (Å²) >= 11 is 1.40. The maximum atomic E-state index is 11.4. The molecule has 0 bridgehead atoms. The van der Waals surface area contributed by atoms with Gasteiger partial charge in [-0.1, -0.05) is 11.8 Å². The molecule has 2 heterocycles. The van der Waals surface area contributed by atoms with Crippen LogP contribution < -0.4 is 16.6 Å². The number of carbonyl (C=O) groups is 1. The largest absolute Gasteiger partial charge is 0.383 e. The van der Waals surface area contributed by atoms with Crippen molar-refractivity contribution >= 4 is 23.5 Å². The number of aromatic nitrogens is 2. The van der Waals surface area contributed by atoms with Crippen molar-refractivity contribution in [2.45, 2.75) is 29.7 Å². The van der Waals surface area contributed by atoms with Crippen LogP contribution >= 0.6 is 11.8 Å². The predicted molar refractivity (Wildman–Crippen MR) is 65.8 cm³/mol. The number of nitrogens with zero attached hydrogens (tertiary/aromatic N) is 1. The zero-order valence-corrected chi connectivity index (χ0v) is 10.0. The average molecular weight is 254 g/mol. The minimum Gasteiger partial charge on any atom is -0.383 e. The summed E-state index contributed by atoms with van der Waals surface area (Å²) in [4.78, 5) is 29.2. The molecule has 1 aliphatic rings. The summed E-state index contributed by atoms with van der Waals surface area (Å²) in [6.45, 7) is 0.719. The first kappa shape index (κ1) is 12.0. The van der Waals surface area contributed by atoms with Crippen LogP contribution in [0.4, 0.5) is 5.82 Å². The molecule has 1 aromatic rings. The highest BCUT2D eigenvalue weighted by Crippen LogP contribution is 2.26. The summed E-state index contributed by atoms with van der Waals surface area (Å²) in [5.41, 5.74) is 5.23. The molecule has 6 nitrogen and oxygen atoms in total. The van der Waals surface area contributed by atoms with E-state index in [1.54, 1.807) is 0 Å². The van der Waals surface area contributed by atoms with Gasteiger partial charge in [0.05, 0.1) is 0 Å². The lowest BCUT2D eigenvalue weighted by Gasteiger charge is -2.11. The Balaban J connectivity index is 2.08. The van der Waals surface area contributed by atoms with Crippen molar-refractivity contribution < 1.29 is 4.79 Å². The van der Waals surface area contributed by atoms with E-state index in [9.17, 15) is 9.59 Å². The van der Waals surface area contributed by atoms with Gasteiger partial charge in [0.2, 0.25) is 5.91 Å². The third-order valence-electron chi connectivity index (χ3n) is 2.46. The fourth-order valence-corrected chi connectivity index (χ4v) is 2.86. The topological polar surface area (TPSA) is 101 Å². The lowest BCUT2D eigenvalue weighted by atomic mass is 10.2. The molecule has 2 rings (SSSR count). The summed E-state index contributed by atoms with van der Waals surface area (Å²) < 4.78 is 0. The summed E-state index contributed by atoms with van der Waals surface area (Å²) in [5, 5.41) is 3.44. The molecule has 92 valence electrons. The number of nitrogen functional groups attached to an aromatic ring is 1. The molecular formula is C10H14N4O2S. The number of hydrogen-bond acceptors (Lipinski definition) is 5. The van der Waals surface area contributed by atoms with Gasteiger partial charge in [-0.25, -0.2) is 4.98 Å². The van der Waals surface area contributed by atoms with Crippen molar-refractivity contribution in [3.8, 4) is 0 Å². The lowest BCUT2D eigenvalue weighted by molar-refractivity contribution is -0.120. The van der Waals surface area contributed by atoms with E-state index in [4.69, 9.17) is 5.73 Å². The van der Waals surface area contributed by atoms with Gasteiger partial charge in [0.1, 0.15) is 5.82 Å². The molecule has 1 aromatic heterocycles. The molecule has 4 N–H and O–H groups in total. The number of hydrogen-bond donors (Lipinski definition) is 3. The summed E-state index contributed by atoms with van der Waals surface area (Å²) in [6, 6.07) is 1.24. The molecule has 1 amide bonds. The van der Waals surface area contributed by atoms with E-state index in [0.29, 0.717) is 11.6 Å². The van der Waals surface area contributed by atoms with Crippen LogP contribution in [0.15, 0.2) is 16.0 Å². The smallest absolute Gasteiger partial charge is 0.253 e. The first-order valence-corrected chi connectivity index (χ1v) is 6.31. The van der Waals surface area contributed by atoms with Crippen LogP contribution in [0.25, 0.3) is 0 Å². The van der Waals surface area contributed by atoms with Crippen molar-refractivity contribution in [2.75, 3.05) is 12.3 Å². The predicted octanol–water partition coefficient (Wildman–Crippen LogP) is 0.113. The van der Waals surface area contributed by atoms with Crippen molar-refractivity contribution in [3.05, 3.63) is 16.4 Å². The van der Waals surface area contributed by atoms with Crippen molar-refractivity contribution in [3.63, 3.8) is 0 Å². The van der Waals surface area contributed by atoms with Gasteiger partial charge in [-0.15, -0.1) is 0 Å². The van der Waals surface area contributed by atoms with E-state index in [1.165, 1.54) is 17.8 Å². The van der Waals surface area contributed by atoms with Gasteiger partial charge in [0.25, 0.3) is 5.56 Å². The van der Waals surface area contributed by atoms with Crippen LogP contribution in [0.1, 0.15) is 19.3 Å². The van der Waals surface area contributed by atoms with E-state index in [0.717, 1.165) is 19.4 Å². The van der Waals surface area contributed by atoms with E-state index >= 15 is 0 Å². The molecule has 1 atom stereocenters. The van der Waals surface area contributed by atoms with Crippen LogP contribution in [0.3, 0.4) is 0 Å². The molecule has 0 spiro atoms. The number of H-pyrrole nitrogens is 1. The number of aromatic amines is 1. The van der Waals surface area contributed by atoms with Crippen molar-refractivity contribution in [1.82, 2.24) is 15.3 Å². The molecule has 1 fully saturated rings. The minimum absolute atomic E-state index is 0.0475. The number of carbonyl (C=O) groups excluding carboxylic acids is 1. The Kier molecular flexibility index (Phi) is 3.68. The zero-order chi connectivity index (χ0) is 12.3. The zero-order valence-electron chi connectivity index (χ0n) is 9.23. The Bertz CT molecular complexity index is 474. The monoisotopic (exact) mass is 254 g/mol. The third kappa shape index (κ3) is 3.48. The summed E-state index contributed by atoms with van der Waals surface area (Å²) in [7, 11) is 0. The minimum atomic E-state index is -0.266. The van der Waals surface area contributed by atoms with Crippen LogP contribution in [-0.2, 0) is 4.79 Å². The SMILES string of the molecule is Nc1cc(=O)[nH]c(SC2CCCNC(=O)C2)n1. The van der Waals surface area contributed by atoms with Crippen LogP contribution in [0.5, 0.6) is 0 Å². The Morgan fingerprint density at radius 3 is 3.06 bits per heavy atom. The highest BCUT2D eigenvalue weighted by Gasteiger charge is 2.19. The van der Waals surface area contributed by atoms with Crippen LogP contribution in [-0.4, -0.2) is 27.7 Å². The summed E-state index contributed by atoms with van der Waals surface area (Å²) in [5.74, 6) is 0.251. The van der Waals surface area contributed by atoms with Crippen LogP contribution in [0, 0.1) is 0 Å². The second-order valence-electron chi connectivity index (χ2n) is 3.91. The fourth-order valence-electron chi connectivity index (χ4n) is 1.71. The van der Waals surface area contributed by atoms with Crippen molar-refractivity contribution in [2.24, 2.45) is 0 Å². The molecule has 0 radical (unpaired) electrons. The highest BCUT2D eigenvalue weighted by atomic mass is 32.2. The molecule has 1 aliphatic heterocycles. The normalized spacial score (nSPS) is 20.7. The Labute approximate surface area is 102 Å². The van der Waals surface area contributed by atoms with E-state index in [1.807, 2.05) is 0 Å². The van der Waals surface area contributed by atoms with E-state index in [-0.39, 0.29) is 22.5 Å². The molecule has 7 heteroatoms. The quantitative estimate of drug-likeness (QED) is 0.650. The molecule has 0 aliphatic carbocycles. The Morgan fingerprint density at radius 1 is 1.47 bits per heavy atom. The molecule has 1 saturated heterocycles. The maximum Gasteiger partial charge on any atom is 0.253 e. The molecule has 0 aromatic carbocycles. The Hall–Kier alpha value is -1.50. The van der Waals surface area contributed by atoms with Crippen molar-refractivity contribution in [1.29, 1.82) is 0 Å². The second-order valence-corrected chi connectivity index (χ2v) is 5.20. The average Bonchev–Trinajstić information content (AvgIpc) is 2.41. The number of nitrogens with two attached hydrogens (primary N) is 1. The second kappa shape index (κ2) is 5.22. The Morgan fingerprint density at radius 2 is 2.29 bits per heavy atom. The number of anilines is 1. The van der Waals surface area contributed by atoms with E-state index in [2.05, 4.69) is 15.3 Å². The first-order valence-electron chi connectivity index (χ1n) is 5.43. The fraction of sp³-hybridized carbons (Fsp3) is 0.500. The van der Waals surface area contributed by atoms with Gasteiger partial charge >= 0.3 is 0 Å². The molecular weight excluding hydrogens is 240 g/mol. The first-order chi connectivity index (χ1) is 8.13. The number of nitrogens with one attached hydrogen (secondary N) is 2. The number of rotatable bonds is 2. The van der Waals surface area contributed by atoms with Gasteiger partial charge in [-0.2, -0.15) is 0 Å². The van der Waals surface area contributed by atoms with Crippen LogP contribution in [0.2, 0.25) is 0 Å². The molecule has 0 saturated carbocycles.